The van der Waals surface area contributed by atoms with Crippen LogP contribution in [0, 0.1) is 16.7 Å². The minimum absolute atomic E-state index is 0.0610. The van der Waals surface area contributed by atoms with Crippen molar-refractivity contribution in [2.75, 3.05) is 0 Å². The Kier molecular flexibility index (Phi) is 3.21. The summed E-state index contributed by atoms with van der Waals surface area (Å²) in [4.78, 5) is 12.6. The largest absolute Gasteiger partial charge is 0.454 e. The average Bonchev–Trinajstić information content (AvgIpc) is 2.51. The molecule has 0 radical (unpaired) electrons. The first-order chi connectivity index (χ1) is 10.1. The van der Waals surface area contributed by atoms with Gasteiger partial charge in [0, 0.05) is 21.2 Å². The van der Waals surface area contributed by atoms with Crippen LogP contribution in [0.15, 0.2) is 39.9 Å². The molecule has 22 heavy (non-hydrogen) atoms. The maximum absolute atomic E-state index is 12.6. The monoisotopic (exact) mass is 362 g/mol. The van der Waals surface area contributed by atoms with Gasteiger partial charge in [-0.25, -0.2) is 4.79 Å². The van der Waals surface area contributed by atoms with Crippen LogP contribution in [0.4, 0.5) is 0 Å². The van der Waals surface area contributed by atoms with Crippen molar-refractivity contribution in [2.45, 2.75) is 47.1 Å². The quantitative estimate of drug-likeness (QED) is 0.521. The maximum Gasteiger partial charge on any atom is 0.338 e. The minimum atomic E-state index is -0.449. The summed E-state index contributed by atoms with van der Waals surface area (Å²) >= 11 is 3.39. The fraction of sp³-hybridized carbons (Fsp3) is 0.526. The third-order valence-electron chi connectivity index (χ3n) is 7.20. The third-order valence-corrected chi connectivity index (χ3v) is 7.73. The van der Waals surface area contributed by atoms with Gasteiger partial charge in [-0.2, -0.15) is 0 Å². The van der Waals surface area contributed by atoms with Crippen LogP contribution in [0.5, 0.6) is 0 Å². The average molecular weight is 363 g/mol. The zero-order valence-corrected chi connectivity index (χ0v) is 15.7. The molecule has 1 aromatic carbocycles. The fourth-order valence-electron chi connectivity index (χ4n) is 5.05. The van der Waals surface area contributed by atoms with E-state index in [1.54, 1.807) is 12.1 Å². The topological polar surface area (TPSA) is 26.3 Å². The van der Waals surface area contributed by atoms with Crippen LogP contribution in [-0.2, 0) is 4.74 Å². The summed E-state index contributed by atoms with van der Waals surface area (Å²) < 4.78 is 7.00. The van der Waals surface area contributed by atoms with E-state index in [9.17, 15) is 4.79 Å². The summed E-state index contributed by atoms with van der Waals surface area (Å²) in [6.07, 6.45) is 0. The Morgan fingerprint density at radius 1 is 1.09 bits per heavy atom. The lowest BCUT2D eigenvalue weighted by Gasteiger charge is -2.78. The van der Waals surface area contributed by atoms with Crippen LogP contribution in [0.2, 0.25) is 0 Å². The number of ether oxygens (including phenoxy) is 1. The van der Waals surface area contributed by atoms with Gasteiger partial charge in [-0.05, 0) is 45.0 Å². The molecule has 0 amide bonds. The first-order valence-electron chi connectivity index (χ1n) is 7.78. The van der Waals surface area contributed by atoms with E-state index in [2.05, 4.69) is 57.5 Å². The van der Waals surface area contributed by atoms with Gasteiger partial charge in [0.2, 0.25) is 0 Å². The van der Waals surface area contributed by atoms with E-state index in [1.165, 1.54) is 11.1 Å². The van der Waals surface area contributed by atoms with Gasteiger partial charge in [0.15, 0.2) is 0 Å². The predicted molar refractivity (Wildman–Crippen MR) is 91.7 cm³/mol. The Morgan fingerprint density at radius 3 is 2.18 bits per heavy atom. The van der Waals surface area contributed by atoms with Crippen LogP contribution >= 0.6 is 15.9 Å². The van der Waals surface area contributed by atoms with E-state index >= 15 is 0 Å². The molecule has 2 aliphatic carbocycles. The number of halogens is 1. The zero-order valence-electron chi connectivity index (χ0n) is 14.1. The van der Waals surface area contributed by atoms with Crippen molar-refractivity contribution in [3.8, 4) is 0 Å². The molecule has 1 aromatic rings. The number of hydrogen-bond donors (Lipinski definition) is 0. The van der Waals surface area contributed by atoms with E-state index in [0.29, 0.717) is 11.5 Å². The number of hydrogen-bond acceptors (Lipinski definition) is 2. The number of fused-ring (bicyclic) bond motifs is 1. The fourth-order valence-corrected chi connectivity index (χ4v) is 5.31. The van der Waals surface area contributed by atoms with E-state index in [4.69, 9.17) is 4.74 Å². The smallest absolute Gasteiger partial charge is 0.338 e. The van der Waals surface area contributed by atoms with Crippen LogP contribution in [-0.4, -0.2) is 11.6 Å². The lowest BCUT2D eigenvalue weighted by Crippen LogP contribution is -2.79. The van der Waals surface area contributed by atoms with Crippen LogP contribution in [0.1, 0.15) is 51.9 Å². The summed E-state index contributed by atoms with van der Waals surface area (Å²) in [6, 6.07) is 7.34. The standard InChI is InChI=1S/C19H23BrO2/c1-11-12(2)18(5)17(11,4)13(3)19(18,6)22-16(21)14-7-9-15(20)10-8-14/h7-10,13H,1-6H3/t13-,17-,18-,19-/m0/s1. The van der Waals surface area contributed by atoms with E-state index in [-0.39, 0.29) is 16.8 Å². The highest BCUT2D eigenvalue weighted by atomic mass is 79.9. The van der Waals surface area contributed by atoms with Crippen molar-refractivity contribution in [1.82, 2.24) is 0 Å². The molecule has 118 valence electrons. The molecule has 0 unspecified atom stereocenters. The Morgan fingerprint density at radius 2 is 1.64 bits per heavy atom. The molecule has 3 heteroatoms. The minimum Gasteiger partial charge on any atom is -0.454 e. The van der Waals surface area contributed by atoms with Crippen LogP contribution < -0.4 is 0 Å². The predicted octanol–water partition coefficient (Wildman–Crippen LogP) is 5.38. The highest BCUT2D eigenvalue weighted by molar-refractivity contribution is 9.10. The summed E-state index contributed by atoms with van der Waals surface area (Å²) in [6.45, 7) is 13.2. The number of esters is 1. The van der Waals surface area contributed by atoms with Gasteiger partial charge >= 0.3 is 5.97 Å². The van der Waals surface area contributed by atoms with Gasteiger partial charge in [-0.3, -0.25) is 0 Å². The van der Waals surface area contributed by atoms with Gasteiger partial charge in [-0.1, -0.05) is 47.8 Å². The maximum atomic E-state index is 12.6. The van der Waals surface area contributed by atoms with Crippen molar-refractivity contribution < 1.29 is 9.53 Å². The van der Waals surface area contributed by atoms with E-state index in [1.807, 2.05) is 12.1 Å². The Balaban J connectivity index is 1.90. The van der Waals surface area contributed by atoms with Gasteiger partial charge in [-0.15, -0.1) is 0 Å². The molecular formula is C19H23BrO2. The Hall–Kier alpha value is -1.09. The Labute approximate surface area is 141 Å². The first kappa shape index (κ1) is 15.8. The SMILES string of the molecule is CC1=C(C)[C@@]2(C)[C@H](C)[C@](C)(OC(=O)c3ccc(Br)cc3)[C@@]12C. The lowest BCUT2D eigenvalue weighted by atomic mass is 9.27. The second kappa shape index (κ2) is 4.47. The molecule has 1 fully saturated rings. The molecule has 0 aromatic heterocycles. The Bertz CT molecular complexity index is 690. The number of rotatable bonds is 2. The van der Waals surface area contributed by atoms with Crippen molar-refractivity contribution in [2.24, 2.45) is 16.7 Å². The molecule has 0 N–H and O–H groups in total. The summed E-state index contributed by atoms with van der Waals surface area (Å²) in [5.41, 5.74) is 3.07. The molecule has 0 aliphatic heterocycles. The number of carbonyl (C=O) groups excluding carboxylic acids is 1. The van der Waals surface area contributed by atoms with Crippen molar-refractivity contribution in [1.29, 1.82) is 0 Å². The highest BCUT2D eigenvalue weighted by Crippen LogP contribution is 2.80. The molecule has 3 rings (SSSR count). The normalized spacial score (nSPS) is 39.7. The molecule has 1 saturated carbocycles. The molecule has 0 bridgehead atoms. The molecule has 2 aliphatic rings. The van der Waals surface area contributed by atoms with E-state index < -0.39 is 5.60 Å². The highest BCUT2D eigenvalue weighted by Gasteiger charge is 2.80. The lowest BCUT2D eigenvalue weighted by molar-refractivity contribution is -0.276. The summed E-state index contributed by atoms with van der Waals surface area (Å²) in [5, 5.41) is 0. The van der Waals surface area contributed by atoms with Gasteiger partial charge in [0.1, 0.15) is 5.60 Å². The van der Waals surface area contributed by atoms with Crippen molar-refractivity contribution >= 4 is 21.9 Å². The van der Waals surface area contributed by atoms with Crippen molar-refractivity contribution in [3.05, 3.63) is 45.4 Å². The number of allylic oxidation sites excluding steroid dienone is 1. The first-order valence-corrected chi connectivity index (χ1v) is 8.57. The van der Waals surface area contributed by atoms with Gasteiger partial charge in [0.25, 0.3) is 0 Å². The molecule has 0 spiro atoms. The summed E-state index contributed by atoms with van der Waals surface area (Å²) in [5.74, 6) is 0.0792. The number of carbonyl (C=O) groups is 1. The van der Waals surface area contributed by atoms with E-state index in [0.717, 1.165) is 4.47 Å². The van der Waals surface area contributed by atoms with Crippen LogP contribution in [0.3, 0.4) is 0 Å². The molecule has 4 atom stereocenters. The van der Waals surface area contributed by atoms with Gasteiger partial charge in [0.05, 0.1) is 5.56 Å². The molecule has 0 heterocycles. The number of benzene rings is 1. The molecule has 2 nitrogen and oxygen atoms in total. The molecular weight excluding hydrogens is 340 g/mol. The van der Waals surface area contributed by atoms with Crippen molar-refractivity contribution in [3.63, 3.8) is 0 Å². The third kappa shape index (κ3) is 1.49. The van der Waals surface area contributed by atoms with Crippen LogP contribution in [0.25, 0.3) is 0 Å². The van der Waals surface area contributed by atoms with Gasteiger partial charge < -0.3 is 4.74 Å². The second-order valence-corrected chi connectivity index (χ2v) is 8.22. The molecule has 0 saturated heterocycles. The zero-order chi connectivity index (χ0) is 16.5. The second-order valence-electron chi connectivity index (χ2n) is 7.30. The summed E-state index contributed by atoms with van der Waals surface area (Å²) in [7, 11) is 0.